The maximum Gasteiger partial charge on any atom is 0.394 e. The van der Waals surface area contributed by atoms with Gasteiger partial charge in [0.2, 0.25) is 0 Å². The summed E-state index contributed by atoms with van der Waals surface area (Å²) in [6.07, 6.45) is 0.687. The minimum Gasteiger partial charge on any atom is -0.485 e. The van der Waals surface area contributed by atoms with Crippen LogP contribution in [0.2, 0.25) is 0 Å². The Kier molecular flexibility index (Phi) is 8.72. The van der Waals surface area contributed by atoms with Crippen LogP contribution in [0.25, 0.3) is 27.1 Å². The van der Waals surface area contributed by atoms with Crippen molar-refractivity contribution in [3.05, 3.63) is 119 Å². The fourth-order valence-electron chi connectivity index (χ4n) is 11.6. The number of rotatable bonds is 12. The summed E-state index contributed by atoms with van der Waals surface area (Å²) in [6, 6.07) is 31.4. The van der Waals surface area contributed by atoms with E-state index in [0.29, 0.717) is 24.3 Å². The highest BCUT2D eigenvalue weighted by Crippen LogP contribution is 2.63. The van der Waals surface area contributed by atoms with Crippen molar-refractivity contribution in [1.82, 2.24) is 0 Å². The van der Waals surface area contributed by atoms with Gasteiger partial charge in [-0.25, -0.2) is 11.4 Å². The first-order chi connectivity index (χ1) is 28.6. The second kappa shape index (κ2) is 13.7. The molecule has 0 aromatic heterocycles. The van der Waals surface area contributed by atoms with Crippen molar-refractivity contribution in [2.45, 2.75) is 88.1 Å². The Morgan fingerprint density at radius 1 is 0.746 bits per heavy atom. The third kappa shape index (κ3) is 5.42. The molecule has 4 bridgehead atoms. The van der Waals surface area contributed by atoms with Crippen LogP contribution in [0.5, 0.6) is 11.5 Å². The van der Waals surface area contributed by atoms with E-state index >= 15 is 0 Å². The molecule has 4 aromatic rings. The molecule has 4 aromatic carbocycles. The number of methoxy groups -OCH3 is 2. The van der Waals surface area contributed by atoms with Gasteiger partial charge in [-0.2, -0.15) is 5.26 Å². The van der Waals surface area contributed by atoms with Crippen LogP contribution in [-0.2, 0) is 47.2 Å². The molecule has 10 atom stereocenters. The molecule has 6 aliphatic rings. The molecule has 59 heavy (non-hydrogen) atoms. The lowest BCUT2D eigenvalue weighted by Crippen LogP contribution is -2.43. The lowest BCUT2D eigenvalue weighted by Gasteiger charge is -2.33. The third-order valence-corrected chi connectivity index (χ3v) is 14.5. The molecule has 2 heterocycles. The number of esters is 2. The summed E-state index contributed by atoms with van der Waals surface area (Å²) in [5, 5.41) is 10.1. The molecule has 6 fully saturated rings. The summed E-state index contributed by atoms with van der Waals surface area (Å²) in [6.45, 7) is 12.9. The molecule has 2 saturated heterocycles. The quantitative estimate of drug-likeness (QED) is 0.103. The van der Waals surface area contributed by atoms with Gasteiger partial charge in [-0.15, -0.1) is 0 Å². The summed E-state index contributed by atoms with van der Waals surface area (Å²) < 4.78 is 37.6. The molecule has 300 valence electrons. The van der Waals surface area contributed by atoms with Crippen molar-refractivity contribution < 1.29 is 38.0 Å². The Hall–Kier alpha value is -5.68. The predicted molar refractivity (Wildman–Crippen MR) is 216 cm³/mol. The van der Waals surface area contributed by atoms with Crippen LogP contribution in [-0.4, -0.2) is 56.1 Å². The third-order valence-electron chi connectivity index (χ3n) is 14.5. The molecule has 10 nitrogen and oxygen atoms in total. The van der Waals surface area contributed by atoms with Crippen molar-refractivity contribution in [3.63, 3.8) is 0 Å². The molecule has 4 saturated carbocycles. The van der Waals surface area contributed by atoms with E-state index in [1.54, 1.807) is 14.2 Å². The number of hydrogen-bond donors (Lipinski definition) is 0. The van der Waals surface area contributed by atoms with Gasteiger partial charge in [0.15, 0.2) is 11.5 Å². The van der Waals surface area contributed by atoms with Crippen LogP contribution in [0.15, 0.2) is 84.9 Å². The monoisotopic (exact) mass is 790 g/mol. The van der Waals surface area contributed by atoms with E-state index in [1.165, 1.54) is 0 Å². The van der Waals surface area contributed by atoms with Gasteiger partial charge < -0.3 is 28.4 Å². The SMILES string of the molecule is [C-]#[N+]C12CC3CC1C(OC2=O)C3Oc1c(COC)cc(C(C)(C)c2cc(COC)c(OC3C4CC5C3OC(=O)C5(C#N)C4)c(-c3ccccc3)c2)cc1-c1ccccc1. The fraction of sp³-hybridized carbons (Fsp3) is 0.429. The number of benzene rings is 4. The van der Waals surface area contributed by atoms with Crippen molar-refractivity contribution >= 4 is 11.9 Å². The van der Waals surface area contributed by atoms with E-state index in [2.05, 4.69) is 73.3 Å². The lowest BCUT2D eigenvalue weighted by atomic mass is 9.74. The van der Waals surface area contributed by atoms with Crippen LogP contribution < -0.4 is 9.47 Å². The van der Waals surface area contributed by atoms with Gasteiger partial charge in [-0.05, 0) is 65.8 Å². The molecule has 2 aliphatic heterocycles. The number of ether oxygens (including phenoxy) is 6. The molecule has 4 aliphatic carbocycles. The minimum atomic E-state index is -1.08. The largest absolute Gasteiger partial charge is 0.485 e. The van der Waals surface area contributed by atoms with Gasteiger partial charge in [-0.1, -0.05) is 74.5 Å². The highest BCUT2D eigenvalue weighted by Gasteiger charge is 2.77. The number of nitriles is 1. The number of nitrogens with zero attached hydrogens (tertiary/aromatic N) is 2. The molecular formula is C49H46N2O8. The van der Waals surface area contributed by atoms with Crippen LogP contribution >= 0.6 is 0 Å². The van der Waals surface area contributed by atoms with E-state index < -0.39 is 40.5 Å². The molecule has 0 radical (unpaired) electrons. The Bertz CT molecular complexity index is 2290. The second-order valence-corrected chi connectivity index (χ2v) is 17.9. The summed E-state index contributed by atoms with van der Waals surface area (Å²) in [5.74, 6) is 0.280. The zero-order chi connectivity index (χ0) is 40.8. The normalized spacial score (nSPS) is 31.8. The molecule has 0 spiro atoms. The number of carbonyl (C=O) groups excluding carboxylic acids is 2. The highest BCUT2D eigenvalue weighted by atomic mass is 16.6. The molecule has 10 rings (SSSR count). The number of hydrogen-bond acceptors (Lipinski definition) is 9. The first-order valence-electron chi connectivity index (χ1n) is 20.6. The van der Waals surface area contributed by atoms with Crippen molar-refractivity contribution in [2.24, 2.45) is 29.1 Å². The summed E-state index contributed by atoms with van der Waals surface area (Å²) in [4.78, 5) is 29.8. The van der Waals surface area contributed by atoms with Gasteiger partial charge in [0.25, 0.3) is 0 Å². The first-order valence-corrected chi connectivity index (χ1v) is 20.6. The average Bonchev–Trinajstić information content (AvgIpc) is 4.06. The molecular weight excluding hydrogens is 745 g/mol. The smallest absolute Gasteiger partial charge is 0.394 e. The first kappa shape index (κ1) is 37.6. The van der Waals surface area contributed by atoms with Crippen molar-refractivity contribution in [2.75, 3.05) is 14.2 Å². The van der Waals surface area contributed by atoms with Crippen molar-refractivity contribution in [3.8, 4) is 39.8 Å². The second-order valence-electron chi connectivity index (χ2n) is 17.9. The van der Waals surface area contributed by atoms with E-state index in [4.69, 9.17) is 35.0 Å². The Morgan fingerprint density at radius 2 is 1.24 bits per heavy atom. The Balaban J connectivity index is 1.07. The van der Waals surface area contributed by atoms with E-state index in [0.717, 1.165) is 57.3 Å². The van der Waals surface area contributed by atoms with Crippen LogP contribution in [0.4, 0.5) is 0 Å². The van der Waals surface area contributed by atoms with Crippen molar-refractivity contribution in [1.29, 1.82) is 5.26 Å². The van der Waals surface area contributed by atoms with Crippen LogP contribution in [0.1, 0.15) is 61.8 Å². The summed E-state index contributed by atoms with van der Waals surface area (Å²) in [5.41, 5.74) is 4.87. The maximum absolute atomic E-state index is 13.0. The van der Waals surface area contributed by atoms with Gasteiger partial charge in [0.1, 0.15) is 29.8 Å². The molecule has 0 amide bonds. The molecule has 10 heteroatoms. The molecule has 0 N–H and O–H groups in total. The predicted octanol–water partition coefficient (Wildman–Crippen LogP) is 8.23. The van der Waals surface area contributed by atoms with Crippen LogP contribution in [0.3, 0.4) is 0 Å². The average molecular weight is 791 g/mol. The number of fused-ring (bicyclic) bond motifs is 2. The zero-order valence-electron chi connectivity index (χ0n) is 33.6. The maximum atomic E-state index is 13.0. The van der Waals surface area contributed by atoms with E-state index in [9.17, 15) is 14.9 Å². The van der Waals surface area contributed by atoms with Gasteiger partial charge in [-0.3, -0.25) is 9.64 Å². The van der Waals surface area contributed by atoms with E-state index in [1.807, 2.05) is 36.4 Å². The zero-order valence-corrected chi connectivity index (χ0v) is 33.6. The van der Waals surface area contributed by atoms with Gasteiger partial charge >= 0.3 is 17.5 Å². The number of carbonyl (C=O) groups is 2. The topological polar surface area (TPSA) is 118 Å². The minimum absolute atomic E-state index is 0.0259. The summed E-state index contributed by atoms with van der Waals surface area (Å²) >= 11 is 0. The van der Waals surface area contributed by atoms with Gasteiger partial charge in [0.05, 0.1) is 25.2 Å². The summed E-state index contributed by atoms with van der Waals surface area (Å²) in [7, 11) is 3.35. The fourth-order valence-corrected chi connectivity index (χ4v) is 11.6. The highest BCUT2D eigenvalue weighted by molar-refractivity contribution is 5.88. The Morgan fingerprint density at radius 3 is 1.75 bits per heavy atom. The van der Waals surface area contributed by atoms with Gasteiger partial charge in [0, 0.05) is 66.1 Å². The van der Waals surface area contributed by atoms with Crippen LogP contribution in [0, 0.1) is 47.0 Å². The molecule has 10 unspecified atom stereocenters. The Labute approximate surface area is 344 Å². The lowest BCUT2D eigenvalue weighted by molar-refractivity contribution is -0.147. The van der Waals surface area contributed by atoms with E-state index in [-0.39, 0.29) is 49.1 Å². The standard InChI is InChI=1S/C49H46N2O8/c1-47(2,33-16-31(24-54-4)39(35(20-33)27-12-8-6-9-13-27)56-41-29-18-37-43(41)58-45(52)48(37,22-29)26-50)34-17-32(25-55-5)40(36(21-34)28-14-10-7-11-15-28)57-42-30-19-38-44(42)59-46(53)49(38,23-30)51-3/h6-17,20-21,29-30,37-38,41-44H,18-19,22-25H2,1-2,4-5H3.